The number of nitrogens with one attached hydrogen (secondary N) is 1. The summed E-state index contributed by atoms with van der Waals surface area (Å²) in [6.45, 7) is 1.64. The molecule has 158 valence electrons. The molecule has 7 nitrogen and oxygen atoms in total. The number of aryl methyl sites for hydroxylation is 2. The first-order chi connectivity index (χ1) is 14.9. The van der Waals surface area contributed by atoms with E-state index in [1.54, 1.807) is 59.8 Å². The number of anilines is 1. The molecule has 2 heterocycles. The van der Waals surface area contributed by atoms with E-state index in [0.29, 0.717) is 22.4 Å². The van der Waals surface area contributed by atoms with Crippen molar-refractivity contribution in [2.24, 2.45) is 7.05 Å². The molecule has 2 aromatic heterocycles. The third-order valence-electron chi connectivity index (χ3n) is 5.24. The molecule has 8 heteroatoms. The first kappa shape index (κ1) is 20.7. The van der Waals surface area contributed by atoms with Gasteiger partial charge in [-0.2, -0.15) is 0 Å². The summed E-state index contributed by atoms with van der Waals surface area (Å²) in [4.78, 5) is 40.4. The Labute approximate surface area is 182 Å². The van der Waals surface area contributed by atoms with E-state index in [1.807, 2.05) is 37.4 Å². The second kappa shape index (κ2) is 8.31. The first-order valence-corrected chi connectivity index (χ1v) is 10.9. The van der Waals surface area contributed by atoms with Gasteiger partial charge in [0.05, 0.1) is 11.2 Å². The van der Waals surface area contributed by atoms with Crippen LogP contribution in [0.5, 0.6) is 0 Å². The number of rotatable bonds is 5. The van der Waals surface area contributed by atoms with Gasteiger partial charge >= 0.3 is 5.69 Å². The van der Waals surface area contributed by atoms with Gasteiger partial charge < -0.3 is 9.88 Å². The number of amides is 1. The number of thioether (sulfide) groups is 1. The average Bonchev–Trinajstić information content (AvgIpc) is 3.06. The standard InChI is InChI=1S/C23H22N4O3S/c1-15-12-19-21(25(15)2)22(29)27(17-9-5-4-6-10-17)23(30)26(19)14-20(28)24-16-8-7-11-18(13-16)31-3/h4-13H,14H2,1-3H3,(H,24,28). The number of hydrogen-bond acceptors (Lipinski definition) is 4. The van der Waals surface area contributed by atoms with E-state index in [9.17, 15) is 14.4 Å². The number of para-hydroxylation sites is 1. The van der Waals surface area contributed by atoms with E-state index in [4.69, 9.17) is 0 Å². The molecule has 0 bridgehead atoms. The van der Waals surface area contributed by atoms with Crippen LogP contribution < -0.4 is 16.6 Å². The van der Waals surface area contributed by atoms with Gasteiger partial charge in [0.2, 0.25) is 5.91 Å². The SMILES string of the molecule is CSc1cccc(NC(=O)Cn2c(=O)n(-c3ccccc3)c(=O)c3c2cc(C)n3C)c1. The topological polar surface area (TPSA) is 78.0 Å². The Hall–Kier alpha value is -3.52. The van der Waals surface area contributed by atoms with Gasteiger partial charge in [0.15, 0.2) is 0 Å². The van der Waals surface area contributed by atoms with Crippen molar-refractivity contribution in [1.29, 1.82) is 0 Å². The van der Waals surface area contributed by atoms with Gasteiger partial charge in [-0.25, -0.2) is 9.36 Å². The van der Waals surface area contributed by atoms with Gasteiger partial charge in [0.25, 0.3) is 5.56 Å². The molecular formula is C23H22N4O3S. The van der Waals surface area contributed by atoms with Gasteiger partial charge in [0, 0.05) is 23.3 Å². The number of fused-ring (bicyclic) bond motifs is 1. The number of nitrogens with zero attached hydrogens (tertiary/aromatic N) is 3. The molecule has 0 unspecified atom stereocenters. The summed E-state index contributed by atoms with van der Waals surface area (Å²) >= 11 is 1.58. The monoisotopic (exact) mass is 434 g/mol. The third kappa shape index (κ3) is 3.82. The fourth-order valence-corrected chi connectivity index (χ4v) is 4.05. The highest BCUT2D eigenvalue weighted by Crippen LogP contribution is 2.19. The molecule has 0 saturated carbocycles. The Bertz CT molecular complexity index is 1400. The van der Waals surface area contributed by atoms with E-state index in [2.05, 4.69) is 5.32 Å². The zero-order valence-electron chi connectivity index (χ0n) is 17.5. The largest absolute Gasteiger partial charge is 0.342 e. The minimum atomic E-state index is -0.553. The highest BCUT2D eigenvalue weighted by atomic mass is 32.2. The average molecular weight is 435 g/mol. The predicted molar refractivity (Wildman–Crippen MR) is 124 cm³/mol. The molecule has 1 amide bonds. The van der Waals surface area contributed by atoms with Gasteiger partial charge in [-0.1, -0.05) is 24.3 Å². The molecule has 0 atom stereocenters. The van der Waals surface area contributed by atoms with Crippen molar-refractivity contribution in [3.8, 4) is 5.69 Å². The molecule has 0 aliphatic carbocycles. The van der Waals surface area contributed by atoms with Crippen molar-refractivity contribution >= 4 is 34.4 Å². The fourth-order valence-electron chi connectivity index (χ4n) is 3.59. The molecule has 0 aliphatic rings. The van der Waals surface area contributed by atoms with E-state index in [-0.39, 0.29) is 12.5 Å². The number of benzene rings is 2. The van der Waals surface area contributed by atoms with Crippen molar-refractivity contribution in [1.82, 2.24) is 13.7 Å². The molecule has 4 aromatic rings. The zero-order valence-corrected chi connectivity index (χ0v) is 18.3. The van der Waals surface area contributed by atoms with Crippen molar-refractivity contribution in [3.05, 3.63) is 87.2 Å². The highest BCUT2D eigenvalue weighted by molar-refractivity contribution is 7.98. The highest BCUT2D eigenvalue weighted by Gasteiger charge is 2.20. The smallest absolute Gasteiger partial charge is 0.336 e. The predicted octanol–water partition coefficient (Wildman–Crippen LogP) is 3.16. The number of aromatic nitrogens is 3. The normalized spacial score (nSPS) is 11.1. The molecule has 0 aliphatic heterocycles. The summed E-state index contributed by atoms with van der Waals surface area (Å²) in [6.07, 6.45) is 1.96. The van der Waals surface area contributed by atoms with Crippen molar-refractivity contribution in [3.63, 3.8) is 0 Å². The Morgan fingerprint density at radius 1 is 1.03 bits per heavy atom. The minimum absolute atomic E-state index is 0.213. The zero-order chi connectivity index (χ0) is 22.1. The van der Waals surface area contributed by atoms with E-state index in [0.717, 1.165) is 15.2 Å². The van der Waals surface area contributed by atoms with Crippen molar-refractivity contribution in [2.45, 2.75) is 18.4 Å². The lowest BCUT2D eigenvalue weighted by molar-refractivity contribution is -0.116. The van der Waals surface area contributed by atoms with Crippen LogP contribution in [0.2, 0.25) is 0 Å². The van der Waals surface area contributed by atoms with E-state index in [1.165, 1.54) is 4.57 Å². The molecule has 0 radical (unpaired) electrons. The number of carbonyl (C=O) groups excluding carboxylic acids is 1. The van der Waals surface area contributed by atoms with E-state index < -0.39 is 11.2 Å². The summed E-state index contributed by atoms with van der Waals surface area (Å²) in [5.41, 5.74) is 1.78. The number of carbonyl (C=O) groups is 1. The second-order valence-corrected chi connectivity index (χ2v) is 8.08. The lowest BCUT2D eigenvalue weighted by atomic mass is 10.3. The van der Waals surface area contributed by atoms with Crippen LogP contribution in [-0.2, 0) is 18.4 Å². The maximum atomic E-state index is 13.3. The molecule has 4 rings (SSSR count). The Morgan fingerprint density at radius 3 is 2.48 bits per heavy atom. The summed E-state index contributed by atoms with van der Waals surface area (Å²) < 4.78 is 4.21. The fraction of sp³-hybridized carbons (Fsp3) is 0.174. The Kier molecular flexibility index (Phi) is 5.56. The van der Waals surface area contributed by atoms with Gasteiger partial charge in [0.1, 0.15) is 12.1 Å². The van der Waals surface area contributed by atoms with E-state index >= 15 is 0 Å². The number of hydrogen-bond donors (Lipinski definition) is 1. The molecule has 31 heavy (non-hydrogen) atoms. The van der Waals surface area contributed by atoms with Gasteiger partial charge in [-0.05, 0) is 49.6 Å². The second-order valence-electron chi connectivity index (χ2n) is 7.20. The maximum absolute atomic E-state index is 13.3. The van der Waals surface area contributed by atoms with Gasteiger partial charge in [-0.15, -0.1) is 11.8 Å². The third-order valence-corrected chi connectivity index (χ3v) is 5.97. The molecule has 0 fully saturated rings. The molecular weight excluding hydrogens is 412 g/mol. The van der Waals surface area contributed by atoms with Crippen LogP contribution in [0, 0.1) is 6.92 Å². The molecule has 0 saturated heterocycles. The molecule has 2 aromatic carbocycles. The van der Waals surface area contributed by atoms with Crippen LogP contribution in [0.25, 0.3) is 16.7 Å². The molecule has 0 spiro atoms. The van der Waals surface area contributed by atoms with Crippen LogP contribution in [-0.4, -0.2) is 25.9 Å². The minimum Gasteiger partial charge on any atom is -0.342 e. The first-order valence-electron chi connectivity index (χ1n) is 9.72. The maximum Gasteiger partial charge on any atom is 0.336 e. The van der Waals surface area contributed by atoms with Gasteiger partial charge in [-0.3, -0.25) is 14.2 Å². The lowest BCUT2D eigenvalue weighted by Gasteiger charge is -2.13. The van der Waals surface area contributed by atoms with Crippen LogP contribution in [0.3, 0.4) is 0 Å². The van der Waals surface area contributed by atoms with Crippen LogP contribution >= 0.6 is 11.8 Å². The summed E-state index contributed by atoms with van der Waals surface area (Å²) in [6, 6.07) is 18.0. The molecule has 1 N–H and O–H groups in total. The quantitative estimate of drug-likeness (QED) is 0.490. The summed E-state index contributed by atoms with van der Waals surface area (Å²) in [5, 5.41) is 2.85. The van der Waals surface area contributed by atoms with Crippen LogP contribution in [0.4, 0.5) is 5.69 Å². The van der Waals surface area contributed by atoms with Crippen LogP contribution in [0.1, 0.15) is 5.69 Å². The van der Waals surface area contributed by atoms with Crippen LogP contribution in [0.15, 0.2) is 75.1 Å². The Morgan fingerprint density at radius 2 is 1.77 bits per heavy atom. The van der Waals surface area contributed by atoms with Crippen molar-refractivity contribution in [2.75, 3.05) is 11.6 Å². The summed E-state index contributed by atoms with van der Waals surface area (Å²) in [7, 11) is 1.78. The Balaban J connectivity index is 1.83. The lowest BCUT2D eigenvalue weighted by Crippen LogP contribution is -2.41. The summed E-state index contributed by atoms with van der Waals surface area (Å²) in [5.74, 6) is -0.346. The van der Waals surface area contributed by atoms with Crippen molar-refractivity contribution < 1.29 is 4.79 Å².